The maximum Gasteiger partial charge on any atom is 0.236 e. The van der Waals surface area contributed by atoms with Crippen LogP contribution in [-0.4, -0.2) is 5.78 Å². The highest BCUT2D eigenvalue weighted by Gasteiger charge is 2.12. The van der Waals surface area contributed by atoms with E-state index in [2.05, 4.69) is 44.7 Å². The lowest BCUT2D eigenvalue weighted by Crippen LogP contribution is -2.10. The Morgan fingerprint density at radius 2 is 1.50 bits per heavy atom. The number of rotatable bonds is 1. The fourth-order valence-electron chi connectivity index (χ4n) is 1.84. The Morgan fingerprint density at radius 1 is 0.900 bits per heavy atom. The van der Waals surface area contributed by atoms with Gasteiger partial charge in [0.15, 0.2) is 0 Å². The zero-order valence-corrected chi connectivity index (χ0v) is 12.1. The largest absolute Gasteiger partial charge is 0.279 e. The van der Waals surface area contributed by atoms with E-state index < -0.39 is 0 Å². The van der Waals surface area contributed by atoms with Crippen LogP contribution in [0.25, 0.3) is 0 Å². The van der Waals surface area contributed by atoms with Crippen molar-refractivity contribution in [3.8, 4) is 11.8 Å². The van der Waals surface area contributed by atoms with Crippen LogP contribution < -0.4 is 0 Å². The Labute approximate surface area is 120 Å². The van der Waals surface area contributed by atoms with Crippen molar-refractivity contribution in [1.82, 2.24) is 0 Å². The van der Waals surface area contributed by atoms with E-state index in [-0.39, 0.29) is 11.2 Å². The average Bonchev–Trinajstić information content (AvgIpc) is 2.45. The van der Waals surface area contributed by atoms with Gasteiger partial charge in [0.2, 0.25) is 5.78 Å². The van der Waals surface area contributed by atoms with Crippen LogP contribution in [0.5, 0.6) is 0 Å². The molecule has 0 aliphatic rings. The van der Waals surface area contributed by atoms with Gasteiger partial charge in [0, 0.05) is 11.1 Å². The van der Waals surface area contributed by atoms with Crippen LogP contribution in [0, 0.1) is 11.8 Å². The molecule has 0 aliphatic carbocycles. The van der Waals surface area contributed by atoms with Crippen LogP contribution in [0.1, 0.15) is 42.3 Å². The van der Waals surface area contributed by atoms with Crippen molar-refractivity contribution in [3.63, 3.8) is 0 Å². The lowest BCUT2D eigenvalue weighted by molar-refractivity contribution is 0.105. The highest BCUT2D eigenvalue weighted by atomic mass is 16.1. The lowest BCUT2D eigenvalue weighted by atomic mass is 9.87. The second-order valence-electron chi connectivity index (χ2n) is 5.77. The predicted molar refractivity (Wildman–Crippen MR) is 82.8 cm³/mol. The van der Waals surface area contributed by atoms with E-state index in [9.17, 15) is 4.79 Å². The maximum absolute atomic E-state index is 11.9. The van der Waals surface area contributed by atoms with Gasteiger partial charge in [0.05, 0.1) is 0 Å². The predicted octanol–water partition coefficient (Wildman–Crippen LogP) is 4.22. The number of Topliss-reactive ketones (excluding diaryl/α,β-unsaturated/α-hetero) is 1. The van der Waals surface area contributed by atoms with E-state index in [0.717, 1.165) is 5.56 Å². The second-order valence-corrected chi connectivity index (χ2v) is 5.77. The maximum atomic E-state index is 11.9. The van der Waals surface area contributed by atoms with Gasteiger partial charge in [-0.25, -0.2) is 0 Å². The molecule has 2 rings (SSSR count). The molecule has 0 atom stereocenters. The number of hydrogen-bond acceptors (Lipinski definition) is 1. The van der Waals surface area contributed by atoms with E-state index in [4.69, 9.17) is 0 Å². The molecular weight excluding hydrogens is 244 g/mol. The Kier molecular flexibility index (Phi) is 4.05. The number of ketones is 1. The quantitative estimate of drug-likeness (QED) is 0.555. The highest BCUT2D eigenvalue weighted by molar-refractivity contribution is 6.09. The molecule has 0 fully saturated rings. The summed E-state index contributed by atoms with van der Waals surface area (Å²) in [5.74, 6) is 5.46. The smallest absolute Gasteiger partial charge is 0.236 e. The summed E-state index contributed by atoms with van der Waals surface area (Å²) in [5.41, 5.74) is 2.89. The summed E-state index contributed by atoms with van der Waals surface area (Å²) >= 11 is 0. The molecule has 1 heteroatoms. The van der Waals surface area contributed by atoms with Gasteiger partial charge < -0.3 is 0 Å². The van der Waals surface area contributed by atoms with Gasteiger partial charge in [-0.05, 0) is 29.0 Å². The molecule has 0 aliphatic heterocycles. The van der Waals surface area contributed by atoms with E-state index in [1.54, 1.807) is 12.1 Å². The number of carbonyl (C=O) groups excluding carboxylic acids is 1. The summed E-state index contributed by atoms with van der Waals surface area (Å²) in [7, 11) is 0. The van der Waals surface area contributed by atoms with E-state index in [0.29, 0.717) is 5.56 Å². The Balaban J connectivity index is 2.16. The molecule has 0 unspecified atom stereocenters. The topological polar surface area (TPSA) is 17.1 Å². The van der Waals surface area contributed by atoms with Crippen LogP contribution in [0.4, 0.5) is 0 Å². The monoisotopic (exact) mass is 262 g/mol. The van der Waals surface area contributed by atoms with Crippen LogP contribution in [0.2, 0.25) is 0 Å². The first-order valence-corrected chi connectivity index (χ1v) is 6.69. The zero-order valence-electron chi connectivity index (χ0n) is 12.1. The summed E-state index contributed by atoms with van der Waals surface area (Å²) in [4.78, 5) is 11.9. The van der Waals surface area contributed by atoms with Crippen molar-refractivity contribution < 1.29 is 4.79 Å². The third-order valence-electron chi connectivity index (χ3n) is 3.11. The fourth-order valence-corrected chi connectivity index (χ4v) is 1.84. The zero-order chi connectivity index (χ0) is 14.6. The summed E-state index contributed by atoms with van der Waals surface area (Å²) in [6.45, 7) is 6.52. The first kappa shape index (κ1) is 14.1. The summed E-state index contributed by atoms with van der Waals surface area (Å²) in [6.07, 6.45) is 0. The molecule has 0 radical (unpaired) electrons. The van der Waals surface area contributed by atoms with Gasteiger partial charge in [0.1, 0.15) is 0 Å². The van der Waals surface area contributed by atoms with Crippen molar-refractivity contribution in [2.45, 2.75) is 26.2 Å². The molecule has 0 saturated heterocycles. The van der Waals surface area contributed by atoms with Gasteiger partial charge in [-0.3, -0.25) is 4.79 Å². The molecule has 0 amide bonds. The highest BCUT2D eigenvalue weighted by Crippen LogP contribution is 2.21. The summed E-state index contributed by atoms with van der Waals surface area (Å²) in [5, 5.41) is 0. The van der Waals surface area contributed by atoms with Crippen molar-refractivity contribution in [2.75, 3.05) is 0 Å². The lowest BCUT2D eigenvalue weighted by Gasteiger charge is -2.18. The SMILES string of the molecule is CC(C)(C)c1ccc(C#CC(=O)c2ccccc2)cc1. The molecule has 1 nitrogen and oxygen atoms in total. The molecule has 100 valence electrons. The van der Waals surface area contributed by atoms with Crippen LogP contribution in [0.3, 0.4) is 0 Å². The van der Waals surface area contributed by atoms with Crippen molar-refractivity contribution >= 4 is 5.78 Å². The van der Waals surface area contributed by atoms with Crippen molar-refractivity contribution in [3.05, 3.63) is 71.3 Å². The molecular formula is C19H18O. The molecule has 2 aromatic rings. The van der Waals surface area contributed by atoms with Gasteiger partial charge in [-0.1, -0.05) is 69.2 Å². The molecule has 0 heterocycles. The Hall–Kier alpha value is -2.33. The molecule has 2 aromatic carbocycles. The summed E-state index contributed by atoms with van der Waals surface area (Å²) in [6, 6.07) is 17.2. The minimum atomic E-state index is -0.148. The number of benzene rings is 2. The molecule has 20 heavy (non-hydrogen) atoms. The fraction of sp³-hybridized carbons (Fsp3) is 0.211. The van der Waals surface area contributed by atoms with Crippen LogP contribution >= 0.6 is 0 Å². The number of carbonyl (C=O) groups is 1. The van der Waals surface area contributed by atoms with Crippen molar-refractivity contribution in [1.29, 1.82) is 0 Å². The standard InChI is InChI=1S/C19H18O/c1-19(2,3)17-12-9-15(10-13-17)11-14-18(20)16-7-5-4-6-8-16/h4-10,12-13H,1-3H3. The minimum absolute atomic E-state index is 0.131. The molecule has 0 bridgehead atoms. The van der Waals surface area contributed by atoms with E-state index in [1.807, 2.05) is 30.3 Å². The molecule has 0 N–H and O–H groups in total. The van der Waals surface area contributed by atoms with Crippen LogP contribution in [-0.2, 0) is 5.41 Å². The van der Waals surface area contributed by atoms with Gasteiger partial charge in [0.25, 0.3) is 0 Å². The second kappa shape index (κ2) is 5.75. The first-order valence-electron chi connectivity index (χ1n) is 6.69. The number of hydrogen-bond donors (Lipinski definition) is 0. The van der Waals surface area contributed by atoms with E-state index in [1.165, 1.54) is 5.56 Å². The molecule has 0 saturated carbocycles. The molecule has 0 aromatic heterocycles. The van der Waals surface area contributed by atoms with Gasteiger partial charge in [-0.15, -0.1) is 0 Å². The van der Waals surface area contributed by atoms with Gasteiger partial charge in [-0.2, -0.15) is 0 Å². The normalized spacial score (nSPS) is 10.6. The van der Waals surface area contributed by atoms with Crippen molar-refractivity contribution in [2.24, 2.45) is 0 Å². The third kappa shape index (κ3) is 3.59. The minimum Gasteiger partial charge on any atom is -0.279 e. The van der Waals surface area contributed by atoms with E-state index >= 15 is 0 Å². The Bertz CT molecular complexity index is 647. The van der Waals surface area contributed by atoms with Gasteiger partial charge >= 0.3 is 0 Å². The van der Waals surface area contributed by atoms with Crippen LogP contribution in [0.15, 0.2) is 54.6 Å². The first-order chi connectivity index (χ1) is 9.47. The third-order valence-corrected chi connectivity index (χ3v) is 3.11. The average molecular weight is 262 g/mol. The molecule has 0 spiro atoms. The Morgan fingerprint density at radius 3 is 2.05 bits per heavy atom. The summed E-state index contributed by atoms with van der Waals surface area (Å²) < 4.78 is 0.